The van der Waals surface area contributed by atoms with Crippen molar-refractivity contribution in [3.63, 3.8) is 0 Å². The number of fused-ring (bicyclic) bond motifs is 7. The van der Waals surface area contributed by atoms with Gasteiger partial charge in [0.25, 0.3) is 0 Å². The van der Waals surface area contributed by atoms with Crippen LogP contribution in [0.3, 0.4) is 0 Å². The van der Waals surface area contributed by atoms with E-state index in [-0.39, 0.29) is 5.41 Å². The molecule has 1 aliphatic rings. The second-order valence-corrected chi connectivity index (χ2v) is 16.1. The molecular weight excluding hydrogens is 699 g/mol. The van der Waals surface area contributed by atoms with Crippen LogP contribution in [0.15, 0.2) is 212 Å². The average Bonchev–Trinajstić information content (AvgIpc) is 3.51. The van der Waals surface area contributed by atoms with E-state index < -0.39 is 0 Å². The summed E-state index contributed by atoms with van der Waals surface area (Å²) >= 11 is 0. The van der Waals surface area contributed by atoms with Crippen LogP contribution in [0.2, 0.25) is 0 Å². The van der Waals surface area contributed by atoms with Crippen molar-refractivity contribution in [3.05, 3.63) is 223 Å². The largest absolute Gasteiger partial charge is 0.310 e. The minimum atomic E-state index is -0.0502. The monoisotopic (exact) mass is 739 g/mol. The first-order chi connectivity index (χ1) is 28.5. The van der Waals surface area contributed by atoms with Crippen LogP contribution in [0.25, 0.3) is 76.8 Å². The second kappa shape index (κ2) is 13.5. The van der Waals surface area contributed by atoms with E-state index in [9.17, 15) is 0 Å². The molecule has 0 heterocycles. The van der Waals surface area contributed by atoms with Crippen LogP contribution >= 0.6 is 0 Å². The standard InChI is InChI=1S/C57H41N/c1-57(2)54-27-11-9-24-50(54)51-34-31-40(37-55(51)57)38-29-32-43(33-30-38)58(56-28-12-10-25-52(56)48-26-14-17-39-15-3-5-20-45(39)48)44-19-13-18-41(35-44)53-36-42-16-4-6-21-46(42)47-22-7-8-23-49(47)53/h3-37H,1-2H3. The molecule has 1 heteroatoms. The van der Waals surface area contributed by atoms with Gasteiger partial charge < -0.3 is 4.90 Å². The molecule has 10 aromatic rings. The summed E-state index contributed by atoms with van der Waals surface area (Å²) in [7, 11) is 0. The predicted molar refractivity (Wildman–Crippen MR) is 248 cm³/mol. The minimum absolute atomic E-state index is 0.0502. The zero-order valence-electron chi connectivity index (χ0n) is 32.7. The number of anilines is 3. The number of hydrogen-bond acceptors (Lipinski definition) is 1. The number of nitrogens with zero attached hydrogens (tertiary/aromatic N) is 1. The fraction of sp³-hybridized carbons (Fsp3) is 0.0526. The summed E-state index contributed by atoms with van der Waals surface area (Å²) in [4.78, 5) is 2.44. The highest BCUT2D eigenvalue weighted by Crippen LogP contribution is 2.50. The van der Waals surface area contributed by atoms with Gasteiger partial charge >= 0.3 is 0 Å². The minimum Gasteiger partial charge on any atom is -0.310 e. The molecule has 11 rings (SSSR count). The summed E-state index contributed by atoms with van der Waals surface area (Å²) in [5, 5.41) is 7.52. The van der Waals surface area contributed by atoms with E-state index in [4.69, 9.17) is 0 Å². The summed E-state index contributed by atoms with van der Waals surface area (Å²) in [5.41, 5.74) is 16.0. The first kappa shape index (κ1) is 34.1. The predicted octanol–water partition coefficient (Wildman–Crippen LogP) is 15.9. The molecule has 0 saturated heterocycles. The third kappa shape index (κ3) is 5.46. The van der Waals surface area contributed by atoms with Gasteiger partial charge in [-0.05, 0) is 125 Å². The molecule has 0 bridgehead atoms. The van der Waals surface area contributed by atoms with Crippen LogP contribution < -0.4 is 4.90 Å². The van der Waals surface area contributed by atoms with Crippen LogP contribution in [0, 0.1) is 0 Å². The molecule has 0 atom stereocenters. The van der Waals surface area contributed by atoms with Crippen LogP contribution in [-0.2, 0) is 5.41 Å². The molecule has 1 aliphatic carbocycles. The lowest BCUT2D eigenvalue weighted by Gasteiger charge is -2.29. The van der Waals surface area contributed by atoms with Crippen LogP contribution in [0.5, 0.6) is 0 Å². The average molecular weight is 740 g/mol. The van der Waals surface area contributed by atoms with E-state index >= 15 is 0 Å². The maximum atomic E-state index is 2.44. The molecule has 0 aromatic heterocycles. The van der Waals surface area contributed by atoms with Crippen molar-refractivity contribution in [2.75, 3.05) is 4.90 Å². The topological polar surface area (TPSA) is 3.24 Å². The van der Waals surface area contributed by atoms with Gasteiger partial charge in [0, 0.05) is 22.4 Å². The summed E-state index contributed by atoms with van der Waals surface area (Å²) in [6.45, 7) is 4.70. The van der Waals surface area contributed by atoms with Crippen molar-refractivity contribution in [2.45, 2.75) is 19.3 Å². The molecule has 0 spiro atoms. The Labute approximate surface area is 340 Å². The Morgan fingerprint density at radius 1 is 0.310 bits per heavy atom. The Balaban J connectivity index is 1.08. The number of para-hydroxylation sites is 1. The molecule has 274 valence electrons. The van der Waals surface area contributed by atoms with Crippen molar-refractivity contribution in [3.8, 4) is 44.5 Å². The second-order valence-electron chi connectivity index (χ2n) is 16.1. The van der Waals surface area contributed by atoms with Crippen LogP contribution in [0.4, 0.5) is 17.1 Å². The molecule has 0 saturated carbocycles. The molecule has 1 nitrogen and oxygen atoms in total. The smallest absolute Gasteiger partial charge is 0.0540 e. The van der Waals surface area contributed by atoms with E-state index in [1.807, 2.05) is 0 Å². The van der Waals surface area contributed by atoms with Gasteiger partial charge in [0.05, 0.1) is 5.69 Å². The Bertz CT molecular complexity index is 3200. The molecule has 0 amide bonds. The Morgan fingerprint density at radius 2 is 0.914 bits per heavy atom. The molecule has 0 N–H and O–H groups in total. The van der Waals surface area contributed by atoms with Crippen molar-refractivity contribution >= 4 is 49.4 Å². The highest BCUT2D eigenvalue weighted by atomic mass is 15.1. The number of rotatable bonds is 6. The summed E-state index contributed by atoms with van der Waals surface area (Å²) < 4.78 is 0. The highest BCUT2D eigenvalue weighted by molar-refractivity contribution is 6.14. The third-order valence-electron chi connectivity index (χ3n) is 12.5. The van der Waals surface area contributed by atoms with Gasteiger partial charge in [-0.1, -0.05) is 184 Å². The van der Waals surface area contributed by atoms with Crippen LogP contribution in [-0.4, -0.2) is 0 Å². The van der Waals surface area contributed by atoms with Crippen molar-refractivity contribution in [1.29, 1.82) is 0 Å². The Kier molecular flexibility index (Phi) is 7.91. The zero-order valence-corrected chi connectivity index (χ0v) is 32.7. The Hall–Kier alpha value is -7.22. The molecule has 0 unspecified atom stereocenters. The van der Waals surface area contributed by atoms with Gasteiger partial charge in [0.2, 0.25) is 0 Å². The number of hydrogen-bond donors (Lipinski definition) is 0. The summed E-state index contributed by atoms with van der Waals surface area (Å²) in [5.74, 6) is 0. The highest BCUT2D eigenvalue weighted by Gasteiger charge is 2.35. The lowest BCUT2D eigenvalue weighted by molar-refractivity contribution is 0.660. The van der Waals surface area contributed by atoms with Gasteiger partial charge in [-0.2, -0.15) is 0 Å². The molecule has 0 aliphatic heterocycles. The van der Waals surface area contributed by atoms with Gasteiger partial charge in [0.15, 0.2) is 0 Å². The summed E-state index contributed by atoms with van der Waals surface area (Å²) in [6, 6.07) is 78.2. The fourth-order valence-corrected chi connectivity index (χ4v) is 9.58. The van der Waals surface area contributed by atoms with Crippen LogP contribution in [0.1, 0.15) is 25.0 Å². The van der Waals surface area contributed by atoms with E-state index in [0.29, 0.717) is 0 Å². The molecule has 58 heavy (non-hydrogen) atoms. The van der Waals surface area contributed by atoms with Gasteiger partial charge in [0.1, 0.15) is 0 Å². The first-order valence-corrected chi connectivity index (χ1v) is 20.3. The maximum absolute atomic E-state index is 2.44. The zero-order chi connectivity index (χ0) is 38.8. The molecular formula is C57H41N. The van der Waals surface area contributed by atoms with Gasteiger partial charge in [-0.3, -0.25) is 0 Å². The lowest BCUT2D eigenvalue weighted by atomic mass is 9.81. The van der Waals surface area contributed by atoms with Crippen molar-refractivity contribution in [2.24, 2.45) is 0 Å². The molecule has 10 aromatic carbocycles. The molecule has 0 fully saturated rings. The van der Waals surface area contributed by atoms with Crippen molar-refractivity contribution < 1.29 is 0 Å². The molecule has 0 radical (unpaired) electrons. The lowest BCUT2D eigenvalue weighted by Crippen LogP contribution is -2.14. The maximum Gasteiger partial charge on any atom is 0.0540 e. The van der Waals surface area contributed by atoms with E-state index in [2.05, 4.69) is 231 Å². The Morgan fingerprint density at radius 3 is 1.76 bits per heavy atom. The SMILES string of the molecule is CC1(C)c2ccccc2-c2ccc(-c3ccc(N(c4cccc(-c5cc6ccccc6c6ccccc56)c4)c4ccccc4-c4cccc5ccccc45)cc3)cc21. The normalized spacial score (nSPS) is 12.8. The fourth-order valence-electron chi connectivity index (χ4n) is 9.58. The summed E-state index contributed by atoms with van der Waals surface area (Å²) in [6.07, 6.45) is 0. The quantitative estimate of drug-likeness (QED) is 0.154. The van der Waals surface area contributed by atoms with Gasteiger partial charge in [-0.25, -0.2) is 0 Å². The van der Waals surface area contributed by atoms with E-state index in [1.54, 1.807) is 0 Å². The van der Waals surface area contributed by atoms with Gasteiger partial charge in [-0.15, -0.1) is 0 Å². The van der Waals surface area contributed by atoms with E-state index in [0.717, 1.165) is 17.1 Å². The van der Waals surface area contributed by atoms with E-state index in [1.165, 1.54) is 88.0 Å². The third-order valence-corrected chi connectivity index (χ3v) is 12.5. The first-order valence-electron chi connectivity index (χ1n) is 20.3. The van der Waals surface area contributed by atoms with Crippen molar-refractivity contribution in [1.82, 2.24) is 0 Å². The number of benzene rings is 10.